The Kier molecular flexibility index (Phi) is 2.96. The lowest BCUT2D eigenvalue weighted by Gasteiger charge is -2.15. The molecule has 0 atom stereocenters. The van der Waals surface area contributed by atoms with Crippen molar-refractivity contribution in [3.05, 3.63) is 11.4 Å². The van der Waals surface area contributed by atoms with Gasteiger partial charge in [0.25, 0.3) is 0 Å². The zero-order chi connectivity index (χ0) is 13.4. The Labute approximate surface area is 110 Å². The summed E-state index contributed by atoms with van der Waals surface area (Å²) in [5.41, 5.74) is 0.608. The molecule has 102 valence electrons. The largest absolute Gasteiger partial charge is 0.476 e. The molecule has 1 aliphatic heterocycles. The van der Waals surface area contributed by atoms with Crippen LogP contribution < -0.4 is 0 Å². The maximum atomic E-state index is 12.1. The van der Waals surface area contributed by atoms with Crippen LogP contribution in [-0.2, 0) is 11.3 Å². The van der Waals surface area contributed by atoms with Crippen LogP contribution >= 0.6 is 0 Å². The van der Waals surface area contributed by atoms with Gasteiger partial charge < -0.3 is 10.0 Å². The second-order valence-electron chi connectivity index (χ2n) is 5.15. The standard InChI is InChI=1S/C12H16N4O3/c17-9(15-5-1-2-6-15)7-16-11(8-3-4-8)10(12(18)19)13-14-16/h8H,1-7H2,(H,18,19). The zero-order valence-corrected chi connectivity index (χ0v) is 10.6. The monoisotopic (exact) mass is 264 g/mol. The molecule has 0 radical (unpaired) electrons. The van der Waals surface area contributed by atoms with Gasteiger partial charge in [-0.25, -0.2) is 9.48 Å². The normalized spacial score (nSPS) is 18.8. The van der Waals surface area contributed by atoms with E-state index in [1.807, 2.05) is 0 Å². The van der Waals surface area contributed by atoms with Crippen molar-refractivity contribution in [2.75, 3.05) is 13.1 Å². The van der Waals surface area contributed by atoms with Crippen LogP contribution in [0, 0.1) is 0 Å². The predicted octanol–water partition coefficient (Wildman–Crippen LogP) is 0.476. The number of likely N-dealkylation sites (tertiary alicyclic amines) is 1. The quantitative estimate of drug-likeness (QED) is 0.854. The first-order chi connectivity index (χ1) is 9.16. The molecule has 0 aromatic carbocycles. The molecule has 1 saturated heterocycles. The van der Waals surface area contributed by atoms with Crippen LogP contribution in [0.15, 0.2) is 0 Å². The van der Waals surface area contributed by atoms with E-state index in [2.05, 4.69) is 10.3 Å². The average molecular weight is 264 g/mol. The van der Waals surface area contributed by atoms with Crippen LogP contribution in [-0.4, -0.2) is 50.0 Å². The van der Waals surface area contributed by atoms with Crippen LogP contribution in [0.2, 0.25) is 0 Å². The number of carboxylic acids is 1. The third kappa shape index (κ3) is 2.32. The molecule has 2 aliphatic rings. The maximum absolute atomic E-state index is 12.1. The number of amides is 1. The molecular formula is C12H16N4O3. The molecule has 7 heteroatoms. The first-order valence-corrected chi connectivity index (χ1v) is 6.61. The number of carboxylic acid groups (broad SMARTS) is 1. The van der Waals surface area contributed by atoms with Crippen molar-refractivity contribution in [2.45, 2.75) is 38.1 Å². The number of aromatic nitrogens is 3. The van der Waals surface area contributed by atoms with E-state index in [-0.39, 0.29) is 24.1 Å². The minimum absolute atomic E-state index is 0.00115. The van der Waals surface area contributed by atoms with Crippen molar-refractivity contribution in [2.24, 2.45) is 0 Å². The second kappa shape index (κ2) is 4.64. The Morgan fingerprint density at radius 1 is 1.26 bits per heavy atom. The van der Waals surface area contributed by atoms with Gasteiger partial charge in [-0.05, 0) is 25.7 Å². The Morgan fingerprint density at radius 3 is 2.53 bits per heavy atom. The smallest absolute Gasteiger partial charge is 0.358 e. The molecule has 2 fully saturated rings. The zero-order valence-electron chi connectivity index (χ0n) is 10.6. The second-order valence-corrected chi connectivity index (χ2v) is 5.15. The van der Waals surface area contributed by atoms with E-state index in [4.69, 9.17) is 5.11 Å². The highest BCUT2D eigenvalue weighted by molar-refractivity contribution is 5.87. The summed E-state index contributed by atoms with van der Waals surface area (Å²) in [6.07, 6.45) is 3.98. The third-order valence-corrected chi connectivity index (χ3v) is 3.68. The minimum atomic E-state index is -1.07. The molecule has 1 N–H and O–H groups in total. The third-order valence-electron chi connectivity index (χ3n) is 3.68. The molecule has 0 unspecified atom stereocenters. The minimum Gasteiger partial charge on any atom is -0.476 e. The maximum Gasteiger partial charge on any atom is 0.358 e. The SMILES string of the molecule is O=C(O)c1nnn(CC(=O)N2CCCC2)c1C1CC1. The molecule has 1 aliphatic carbocycles. The molecule has 1 saturated carbocycles. The lowest BCUT2D eigenvalue weighted by molar-refractivity contribution is -0.131. The first-order valence-electron chi connectivity index (χ1n) is 6.61. The van der Waals surface area contributed by atoms with Gasteiger partial charge in [0.15, 0.2) is 5.69 Å². The number of hydrogen-bond donors (Lipinski definition) is 1. The highest BCUT2D eigenvalue weighted by Crippen LogP contribution is 2.41. The van der Waals surface area contributed by atoms with E-state index in [9.17, 15) is 9.59 Å². The summed E-state index contributed by atoms with van der Waals surface area (Å²) in [5.74, 6) is -0.865. The van der Waals surface area contributed by atoms with Crippen LogP contribution in [0.25, 0.3) is 0 Å². The van der Waals surface area contributed by atoms with Gasteiger partial charge in [0.2, 0.25) is 5.91 Å². The first kappa shape index (κ1) is 12.1. The molecule has 3 rings (SSSR count). The summed E-state index contributed by atoms with van der Waals surface area (Å²) in [6.45, 7) is 1.68. The molecule has 1 aromatic heterocycles. The van der Waals surface area contributed by atoms with Crippen molar-refractivity contribution >= 4 is 11.9 Å². The van der Waals surface area contributed by atoms with Crippen LogP contribution in [0.3, 0.4) is 0 Å². The number of aromatic carboxylic acids is 1. The van der Waals surface area contributed by atoms with Crippen molar-refractivity contribution in [1.29, 1.82) is 0 Å². The van der Waals surface area contributed by atoms with E-state index >= 15 is 0 Å². The highest BCUT2D eigenvalue weighted by Gasteiger charge is 2.34. The number of hydrogen-bond acceptors (Lipinski definition) is 4. The van der Waals surface area contributed by atoms with E-state index in [0.717, 1.165) is 38.8 Å². The van der Waals surface area contributed by atoms with Gasteiger partial charge in [0.1, 0.15) is 6.54 Å². The van der Waals surface area contributed by atoms with Gasteiger partial charge in [-0.3, -0.25) is 4.79 Å². The highest BCUT2D eigenvalue weighted by atomic mass is 16.4. The number of rotatable bonds is 4. The summed E-state index contributed by atoms with van der Waals surface area (Å²) < 4.78 is 1.47. The fourth-order valence-corrected chi connectivity index (χ4v) is 2.55. The van der Waals surface area contributed by atoms with E-state index in [0.29, 0.717) is 5.69 Å². The number of carbonyl (C=O) groups is 2. The average Bonchev–Trinajstić information content (AvgIpc) is 2.92. The number of nitrogens with zero attached hydrogens (tertiary/aromatic N) is 4. The molecule has 2 heterocycles. The Hall–Kier alpha value is -1.92. The summed E-state index contributed by atoms with van der Waals surface area (Å²) >= 11 is 0. The Morgan fingerprint density at radius 2 is 1.95 bits per heavy atom. The topological polar surface area (TPSA) is 88.3 Å². The van der Waals surface area contributed by atoms with E-state index in [1.54, 1.807) is 4.90 Å². The predicted molar refractivity (Wildman–Crippen MR) is 64.8 cm³/mol. The lowest BCUT2D eigenvalue weighted by Crippen LogP contribution is -2.31. The fraction of sp³-hybridized carbons (Fsp3) is 0.667. The van der Waals surface area contributed by atoms with Gasteiger partial charge in [-0.2, -0.15) is 0 Å². The fourth-order valence-electron chi connectivity index (χ4n) is 2.55. The molecule has 0 bridgehead atoms. The van der Waals surface area contributed by atoms with Crippen LogP contribution in [0.4, 0.5) is 0 Å². The molecule has 1 aromatic rings. The van der Waals surface area contributed by atoms with Crippen LogP contribution in [0.1, 0.15) is 47.8 Å². The molecule has 19 heavy (non-hydrogen) atoms. The molecule has 7 nitrogen and oxygen atoms in total. The summed E-state index contributed by atoms with van der Waals surface area (Å²) in [7, 11) is 0. The van der Waals surface area contributed by atoms with Gasteiger partial charge in [-0.1, -0.05) is 5.21 Å². The van der Waals surface area contributed by atoms with Gasteiger partial charge in [-0.15, -0.1) is 5.10 Å². The lowest BCUT2D eigenvalue weighted by atomic mass is 10.2. The van der Waals surface area contributed by atoms with Crippen molar-refractivity contribution in [1.82, 2.24) is 19.9 Å². The Bertz CT molecular complexity index is 515. The molecular weight excluding hydrogens is 248 g/mol. The van der Waals surface area contributed by atoms with Crippen molar-refractivity contribution in [3.63, 3.8) is 0 Å². The van der Waals surface area contributed by atoms with E-state index < -0.39 is 5.97 Å². The van der Waals surface area contributed by atoms with Crippen LogP contribution in [0.5, 0.6) is 0 Å². The molecule has 0 spiro atoms. The Balaban J connectivity index is 1.80. The summed E-state index contributed by atoms with van der Waals surface area (Å²) in [6, 6.07) is 0. The van der Waals surface area contributed by atoms with E-state index in [1.165, 1.54) is 4.68 Å². The summed E-state index contributed by atoms with van der Waals surface area (Å²) in [5, 5.41) is 16.6. The van der Waals surface area contributed by atoms with Gasteiger partial charge in [0.05, 0.1) is 5.69 Å². The van der Waals surface area contributed by atoms with Crippen molar-refractivity contribution in [3.8, 4) is 0 Å². The van der Waals surface area contributed by atoms with Gasteiger partial charge in [0, 0.05) is 19.0 Å². The van der Waals surface area contributed by atoms with Gasteiger partial charge >= 0.3 is 5.97 Å². The summed E-state index contributed by atoms with van der Waals surface area (Å²) in [4.78, 5) is 25.0. The van der Waals surface area contributed by atoms with Crippen molar-refractivity contribution < 1.29 is 14.7 Å². The molecule has 1 amide bonds. The number of carbonyl (C=O) groups excluding carboxylic acids is 1.